The van der Waals surface area contributed by atoms with Crippen LogP contribution in [0.25, 0.3) is 0 Å². The van der Waals surface area contributed by atoms with Crippen molar-refractivity contribution in [1.29, 1.82) is 0 Å². The Kier molecular flexibility index (Phi) is 7.38. The molecule has 0 heterocycles. The second kappa shape index (κ2) is 10.2. The van der Waals surface area contributed by atoms with E-state index in [1.54, 1.807) is 42.5 Å². The number of carbonyl (C=O) groups is 1. The molecule has 0 unspecified atom stereocenters. The predicted molar refractivity (Wildman–Crippen MR) is 117 cm³/mol. The van der Waals surface area contributed by atoms with Crippen LogP contribution in [0.1, 0.15) is 12.5 Å². The Morgan fingerprint density at radius 1 is 0.968 bits per heavy atom. The van der Waals surface area contributed by atoms with E-state index in [9.17, 15) is 17.6 Å². The zero-order valence-corrected chi connectivity index (χ0v) is 17.8. The third-order valence-electron chi connectivity index (χ3n) is 4.43. The van der Waals surface area contributed by atoms with Crippen molar-refractivity contribution in [2.45, 2.75) is 18.4 Å². The lowest BCUT2D eigenvalue weighted by Crippen LogP contribution is -2.37. The summed E-state index contributed by atoms with van der Waals surface area (Å²) in [6, 6.07) is 20.3. The summed E-state index contributed by atoms with van der Waals surface area (Å²) in [6.45, 7) is 1.74. The second-order valence-corrected chi connectivity index (χ2v) is 8.63. The quantitative estimate of drug-likeness (QED) is 0.542. The van der Waals surface area contributed by atoms with Crippen LogP contribution in [0.3, 0.4) is 0 Å². The number of amides is 1. The van der Waals surface area contributed by atoms with E-state index in [4.69, 9.17) is 4.74 Å². The van der Waals surface area contributed by atoms with Crippen molar-refractivity contribution in [2.24, 2.45) is 0 Å². The minimum atomic E-state index is -3.97. The summed E-state index contributed by atoms with van der Waals surface area (Å²) < 4.78 is 46.3. The Hall–Kier alpha value is -3.23. The fourth-order valence-electron chi connectivity index (χ4n) is 2.96. The van der Waals surface area contributed by atoms with Crippen LogP contribution in [0, 0.1) is 5.82 Å². The molecule has 0 radical (unpaired) electrons. The minimum Gasteiger partial charge on any atom is -0.492 e. The number of hydrogen-bond donors (Lipinski definition) is 1. The highest BCUT2D eigenvalue weighted by Gasteiger charge is 2.27. The van der Waals surface area contributed by atoms with Gasteiger partial charge in [0, 0.05) is 6.54 Å². The van der Waals surface area contributed by atoms with Gasteiger partial charge in [-0.2, -0.15) is 4.31 Å². The highest BCUT2D eigenvalue weighted by molar-refractivity contribution is 7.89. The topological polar surface area (TPSA) is 75.7 Å². The van der Waals surface area contributed by atoms with E-state index in [0.29, 0.717) is 23.6 Å². The maximum atomic E-state index is 13.3. The molecular weight excluding hydrogens is 419 g/mol. The van der Waals surface area contributed by atoms with Gasteiger partial charge in [0.25, 0.3) is 0 Å². The molecule has 162 valence electrons. The number of ether oxygens (including phenoxy) is 1. The summed E-state index contributed by atoms with van der Waals surface area (Å²) >= 11 is 0. The Bertz CT molecular complexity index is 1120. The maximum Gasteiger partial charge on any atom is 0.243 e. The number of hydrogen-bond acceptors (Lipinski definition) is 4. The Balaban J connectivity index is 1.86. The largest absolute Gasteiger partial charge is 0.492 e. The van der Waals surface area contributed by atoms with Crippen molar-refractivity contribution < 1.29 is 22.3 Å². The number of benzene rings is 3. The van der Waals surface area contributed by atoms with Gasteiger partial charge in [0.05, 0.1) is 23.7 Å². The minimum absolute atomic E-state index is 0.0691. The Labute approximate surface area is 181 Å². The number of carbonyl (C=O) groups excluding carboxylic acids is 1. The van der Waals surface area contributed by atoms with Crippen LogP contribution in [-0.2, 0) is 21.4 Å². The van der Waals surface area contributed by atoms with E-state index in [-0.39, 0.29) is 11.4 Å². The zero-order valence-electron chi connectivity index (χ0n) is 17.0. The lowest BCUT2D eigenvalue weighted by atomic mass is 10.2. The van der Waals surface area contributed by atoms with Crippen molar-refractivity contribution in [3.63, 3.8) is 0 Å². The first kappa shape index (κ1) is 22.5. The van der Waals surface area contributed by atoms with Gasteiger partial charge in [-0.05, 0) is 48.9 Å². The molecule has 0 aliphatic rings. The second-order valence-electron chi connectivity index (χ2n) is 6.69. The third kappa shape index (κ3) is 5.90. The van der Waals surface area contributed by atoms with Gasteiger partial charge in [0.15, 0.2) is 0 Å². The van der Waals surface area contributed by atoms with Crippen molar-refractivity contribution in [2.75, 3.05) is 18.5 Å². The van der Waals surface area contributed by atoms with Crippen LogP contribution in [0.2, 0.25) is 0 Å². The summed E-state index contributed by atoms with van der Waals surface area (Å²) in [5.74, 6) is -0.449. The average molecular weight is 443 g/mol. The Morgan fingerprint density at radius 2 is 1.61 bits per heavy atom. The van der Waals surface area contributed by atoms with Gasteiger partial charge < -0.3 is 10.1 Å². The molecule has 0 aliphatic heterocycles. The Morgan fingerprint density at radius 3 is 2.29 bits per heavy atom. The standard InChI is InChI=1S/C23H23FN2O4S/c1-2-30-22-11-7-6-10-21(22)25-23(27)17-26(16-18-12-14-19(24)15-13-18)31(28,29)20-8-4-3-5-9-20/h3-15H,2,16-17H2,1H3,(H,25,27). The van der Waals surface area contributed by atoms with E-state index in [1.807, 2.05) is 6.92 Å². The molecule has 0 atom stereocenters. The number of rotatable bonds is 9. The summed E-state index contributed by atoms with van der Waals surface area (Å²) in [5, 5.41) is 2.71. The number of halogens is 1. The molecule has 0 spiro atoms. The van der Waals surface area contributed by atoms with Crippen molar-refractivity contribution >= 4 is 21.6 Å². The summed E-state index contributed by atoms with van der Waals surface area (Å²) in [6.07, 6.45) is 0. The molecule has 31 heavy (non-hydrogen) atoms. The van der Waals surface area contributed by atoms with Crippen molar-refractivity contribution in [1.82, 2.24) is 4.31 Å². The van der Waals surface area contributed by atoms with Gasteiger partial charge in [-0.3, -0.25) is 4.79 Å². The smallest absolute Gasteiger partial charge is 0.243 e. The first-order chi connectivity index (χ1) is 14.9. The molecule has 0 fully saturated rings. The van der Waals surface area contributed by atoms with Gasteiger partial charge in [-0.15, -0.1) is 0 Å². The van der Waals surface area contributed by atoms with Gasteiger partial charge in [-0.25, -0.2) is 12.8 Å². The van der Waals surface area contributed by atoms with Crippen LogP contribution in [0.15, 0.2) is 83.8 Å². The predicted octanol–water partition coefficient (Wildman–Crippen LogP) is 4.05. The molecule has 3 rings (SSSR count). The molecule has 8 heteroatoms. The van der Waals surface area contributed by atoms with Crippen LogP contribution >= 0.6 is 0 Å². The summed E-state index contributed by atoms with van der Waals surface area (Å²) in [7, 11) is -3.97. The van der Waals surface area contributed by atoms with Crippen LogP contribution in [0.5, 0.6) is 5.75 Å². The van der Waals surface area contributed by atoms with Crippen LogP contribution in [-0.4, -0.2) is 31.8 Å². The SMILES string of the molecule is CCOc1ccccc1NC(=O)CN(Cc1ccc(F)cc1)S(=O)(=O)c1ccccc1. The van der Waals surface area contributed by atoms with Gasteiger partial charge in [0.1, 0.15) is 11.6 Å². The van der Waals surface area contributed by atoms with Crippen molar-refractivity contribution in [3.05, 3.63) is 90.2 Å². The van der Waals surface area contributed by atoms with Crippen LogP contribution in [0.4, 0.5) is 10.1 Å². The number of nitrogens with one attached hydrogen (secondary N) is 1. The average Bonchev–Trinajstić information content (AvgIpc) is 2.77. The molecule has 0 bridgehead atoms. The van der Waals surface area contributed by atoms with Crippen LogP contribution < -0.4 is 10.1 Å². The highest BCUT2D eigenvalue weighted by atomic mass is 32.2. The number of anilines is 1. The molecular formula is C23H23FN2O4S. The first-order valence-corrected chi connectivity index (χ1v) is 11.2. The monoisotopic (exact) mass is 442 g/mol. The fourth-order valence-corrected chi connectivity index (χ4v) is 4.37. The van der Waals surface area contributed by atoms with E-state index in [2.05, 4.69) is 5.32 Å². The summed E-state index contributed by atoms with van der Waals surface area (Å²) in [4.78, 5) is 12.8. The molecule has 0 aliphatic carbocycles. The van der Waals surface area contributed by atoms with E-state index in [0.717, 1.165) is 4.31 Å². The van der Waals surface area contributed by atoms with Gasteiger partial charge in [-0.1, -0.05) is 42.5 Å². The molecule has 0 saturated carbocycles. The number of nitrogens with zero attached hydrogens (tertiary/aromatic N) is 1. The molecule has 0 aromatic heterocycles. The van der Waals surface area contributed by atoms with E-state index in [1.165, 1.54) is 36.4 Å². The molecule has 1 amide bonds. The van der Waals surface area contributed by atoms with Crippen molar-refractivity contribution in [3.8, 4) is 5.75 Å². The number of sulfonamides is 1. The first-order valence-electron chi connectivity index (χ1n) is 9.71. The fraction of sp³-hybridized carbons (Fsp3) is 0.174. The summed E-state index contributed by atoms with van der Waals surface area (Å²) in [5.41, 5.74) is 1.01. The molecule has 3 aromatic carbocycles. The number of para-hydroxylation sites is 2. The highest BCUT2D eigenvalue weighted by Crippen LogP contribution is 2.24. The molecule has 6 nitrogen and oxygen atoms in total. The third-order valence-corrected chi connectivity index (χ3v) is 6.24. The van der Waals surface area contributed by atoms with Gasteiger partial charge in [0.2, 0.25) is 15.9 Å². The molecule has 1 N–H and O–H groups in total. The lowest BCUT2D eigenvalue weighted by molar-refractivity contribution is -0.116. The van der Waals surface area contributed by atoms with E-state index < -0.39 is 28.3 Å². The van der Waals surface area contributed by atoms with E-state index >= 15 is 0 Å². The molecule has 3 aromatic rings. The van der Waals surface area contributed by atoms with Gasteiger partial charge >= 0.3 is 0 Å². The zero-order chi connectivity index (χ0) is 22.3. The molecule has 0 saturated heterocycles. The maximum absolute atomic E-state index is 13.3. The normalized spacial score (nSPS) is 11.3. The lowest BCUT2D eigenvalue weighted by Gasteiger charge is -2.22.